The Bertz CT molecular complexity index is 173. The second-order valence-electron chi connectivity index (χ2n) is 3.62. The van der Waals surface area contributed by atoms with Crippen LogP contribution in [0.1, 0.15) is 52.9 Å². The zero-order valence-electron chi connectivity index (χ0n) is 9.58. The van der Waals surface area contributed by atoms with Crippen molar-refractivity contribution in [1.82, 2.24) is 0 Å². The zero-order valence-corrected chi connectivity index (χ0v) is 9.58. The van der Waals surface area contributed by atoms with E-state index in [0.717, 1.165) is 12.8 Å². The van der Waals surface area contributed by atoms with Crippen LogP contribution in [0.25, 0.3) is 0 Å². The summed E-state index contributed by atoms with van der Waals surface area (Å²) in [5.74, 6) is -0.197. The fourth-order valence-corrected chi connectivity index (χ4v) is 1.25. The van der Waals surface area contributed by atoms with E-state index < -0.39 is 0 Å². The Labute approximate surface area is 87.3 Å². The summed E-state index contributed by atoms with van der Waals surface area (Å²) >= 11 is 0. The van der Waals surface area contributed by atoms with E-state index in [2.05, 4.69) is 19.1 Å². The van der Waals surface area contributed by atoms with Crippen LogP contribution in [0.15, 0.2) is 12.2 Å². The average Bonchev–Trinajstić information content (AvgIpc) is 2.10. The van der Waals surface area contributed by atoms with Crippen molar-refractivity contribution < 1.29 is 9.53 Å². The topological polar surface area (TPSA) is 26.3 Å². The van der Waals surface area contributed by atoms with Gasteiger partial charge in [0.1, 0.15) is 6.10 Å². The van der Waals surface area contributed by atoms with Crippen LogP contribution >= 0.6 is 0 Å². The van der Waals surface area contributed by atoms with Crippen molar-refractivity contribution in [2.24, 2.45) is 0 Å². The molecule has 0 amide bonds. The van der Waals surface area contributed by atoms with Crippen molar-refractivity contribution in [2.45, 2.75) is 59.0 Å². The van der Waals surface area contributed by atoms with Crippen LogP contribution in [-0.2, 0) is 9.53 Å². The van der Waals surface area contributed by atoms with Crippen LogP contribution in [0.5, 0.6) is 0 Å². The summed E-state index contributed by atoms with van der Waals surface area (Å²) in [5, 5.41) is 0. The smallest absolute Gasteiger partial charge is 0.302 e. The summed E-state index contributed by atoms with van der Waals surface area (Å²) in [7, 11) is 0. The van der Waals surface area contributed by atoms with Crippen molar-refractivity contribution in [3.8, 4) is 0 Å². The van der Waals surface area contributed by atoms with Gasteiger partial charge in [-0.25, -0.2) is 0 Å². The Morgan fingerprint density at radius 1 is 1.36 bits per heavy atom. The third kappa shape index (κ3) is 9.30. The molecular formula is C12H22O2. The highest BCUT2D eigenvalue weighted by molar-refractivity contribution is 5.66. The number of hydrogen-bond acceptors (Lipinski definition) is 2. The van der Waals surface area contributed by atoms with Crippen LogP contribution in [0.4, 0.5) is 0 Å². The molecule has 1 atom stereocenters. The van der Waals surface area contributed by atoms with Crippen molar-refractivity contribution in [3.05, 3.63) is 12.2 Å². The van der Waals surface area contributed by atoms with Gasteiger partial charge in [-0.1, -0.05) is 31.9 Å². The van der Waals surface area contributed by atoms with Gasteiger partial charge in [-0.2, -0.15) is 0 Å². The molecule has 0 aromatic rings. The first-order valence-electron chi connectivity index (χ1n) is 5.49. The monoisotopic (exact) mass is 198 g/mol. The Kier molecular flexibility index (Phi) is 8.30. The molecule has 0 saturated heterocycles. The van der Waals surface area contributed by atoms with Gasteiger partial charge < -0.3 is 4.74 Å². The van der Waals surface area contributed by atoms with Crippen LogP contribution < -0.4 is 0 Å². The molecule has 0 aromatic carbocycles. The molecule has 0 heterocycles. The summed E-state index contributed by atoms with van der Waals surface area (Å²) < 4.78 is 4.99. The molecule has 1 unspecified atom stereocenters. The van der Waals surface area contributed by atoms with E-state index >= 15 is 0 Å². The number of carbonyl (C=O) groups excluding carboxylic acids is 1. The summed E-state index contributed by atoms with van der Waals surface area (Å²) in [5.41, 5.74) is 0. The molecule has 14 heavy (non-hydrogen) atoms. The van der Waals surface area contributed by atoms with E-state index in [0.29, 0.717) is 0 Å². The lowest BCUT2D eigenvalue weighted by atomic mass is 10.2. The molecule has 0 spiro atoms. The van der Waals surface area contributed by atoms with Gasteiger partial charge in [-0.05, 0) is 19.8 Å². The first-order chi connectivity index (χ1) is 6.66. The molecule has 2 nitrogen and oxygen atoms in total. The average molecular weight is 198 g/mol. The predicted octanol–water partition coefficient (Wildman–Crippen LogP) is 3.46. The summed E-state index contributed by atoms with van der Waals surface area (Å²) in [4.78, 5) is 10.6. The minimum absolute atomic E-state index is 0.00919. The maximum Gasteiger partial charge on any atom is 0.302 e. The molecule has 82 valence electrons. The quantitative estimate of drug-likeness (QED) is 0.356. The van der Waals surface area contributed by atoms with Crippen LogP contribution in [0, 0.1) is 0 Å². The van der Waals surface area contributed by atoms with Crippen molar-refractivity contribution in [2.75, 3.05) is 0 Å². The molecule has 0 aliphatic rings. The number of allylic oxidation sites excluding steroid dienone is 1. The molecule has 2 heteroatoms. The van der Waals surface area contributed by atoms with E-state index in [1.807, 2.05) is 6.92 Å². The van der Waals surface area contributed by atoms with E-state index in [1.54, 1.807) is 0 Å². The highest BCUT2D eigenvalue weighted by Gasteiger charge is 2.01. The first-order valence-corrected chi connectivity index (χ1v) is 5.49. The van der Waals surface area contributed by atoms with Gasteiger partial charge in [0.25, 0.3) is 0 Å². The number of ether oxygens (including phenoxy) is 1. The van der Waals surface area contributed by atoms with Crippen molar-refractivity contribution >= 4 is 5.97 Å². The maximum atomic E-state index is 10.6. The number of carbonyl (C=O) groups is 1. The lowest BCUT2D eigenvalue weighted by molar-refractivity contribution is -0.145. The van der Waals surface area contributed by atoms with Gasteiger partial charge in [0.2, 0.25) is 0 Å². The number of unbranched alkanes of at least 4 members (excludes halogenated alkanes) is 3. The molecular weight excluding hydrogens is 176 g/mol. The molecule has 0 N–H and O–H groups in total. The number of hydrogen-bond donors (Lipinski definition) is 0. The van der Waals surface area contributed by atoms with Gasteiger partial charge in [-0.3, -0.25) is 4.79 Å². The van der Waals surface area contributed by atoms with Crippen LogP contribution in [0.3, 0.4) is 0 Å². The second-order valence-corrected chi connectivity index (χ2v) is 3.62. The van der Waals surface area contributed by atoms with Gasteiger partial charge in [-0.15, -0.1) is 0 Å². The Balaban J connectivity index is 3.36. The molecule has 0 radical (unpaired) electrons. The zero-order chi connectivity index (χ0) is 10.8. The predicted molar refractivity (Wildman–Crippen MR) is 59.1 cm³/mol. The van der Waals surface area contributed by atoms with E-state index in [-0.39, 0.29) is 12.1 Å². The van der Waals surface area contributed by atoms with Gasteiger partial charge in [0.05, 0.1) is 0 Å². The molecule has 0 bridgehead atoms. The largest absolute Gasteiger partial charge is 0.463 e. The highest BCUT2D eigenvalue weighted by Crippen LogP contribution is 2.03. The number of esters is 1. The van der Waals surface area contributed by atoms with E-state index in [9.17, 15) is 4.79 Å². The Morgan fingerprint density at radius 2 is 2.07 bits per heavy atom. The normalized spacial score (nSPS) is 13.1. The minimum atomic E-state index is -0.197. The molecule has 0 aromatic heterocycles. The number of rotatable bonds is 7. The Morgan fingerprint density at radius 3 is 2.64 bits per heavy atom. The lowest BCUT2D eigenvalue weighted by Gasteiger charge is -2.08. The van der Waals surface area contributed by atoms with Gasteiger partial charge in [0, 0.05) is 13.3 Å². The Hall–Kier alpha value is -0.790. The fraction of sp³-hybridized carbons (Fsp3) is 0.750. The minimum Gasteiger partial charge on any atom is -0.463 e. The lowest BCUT2D eigenvalue weighted by Crippen LogP contribution is -2.10. The van der Waals surface area contributed by atoms with E-state index in [1.165, 1.54) is 26.2 Å². The summed E-state index contributed by atoms with van der Waals surface area (Å²) in [6, 6.07) is 0. The van der Waals surface area contributed by atoms with Crippen molar-refractivity contribution in [1.29, 1.82) is 0 Å². The fourth-order valence-electron chi connectivity index (χ4n) is 1.25. The maximum absolute atomic E-state index is 10.6. The molecule has 0 fully saturated rings. The van der Waals surface area contributed by atoms with E-state index in [4.69, 9.17) is 4.74 Å². The summed E-state index contributed by atoms with van der Waals surface area (Å²) in [6.07, 6.45) is 10.1. The third-order valence-corrected chi connectivity index (χ3v) is 1.98. The molecule has 0 saturated carbocycles. The van der Waals surface area contributed by atoms with Crippen molar-refractivity contribution in [3.63, 3.8) is 0 Å². The molecule has 0 aliphatic heterocycles. The first kappa shape index (κ1) is 13.2. The third-order valence-electron chi connectivity index (χ3n) is 1.98. The second kappa shape index (κ2) is 8.79. The molecule has 0 aliphatic carbocycles. The molecule has 0 rings (SSSR count). The van der Waals surface area contributed by atoms with Gasteiger partial charge in [0.15, 0.2) is 0 Å². The SMILES string of the molecule is CCCCC/C=C/CC(C)OC(C)=O. The summed E-state index contributed by atoms with van der Waals surface area (Å²) in [6.45, 7) is 5.56. The standard InChI is InChI=1S/C12H22O2/c1-4-5-6-7-8-9-10-11(2)14-12(3)13/h8-9,11H,4-7,10H2,1-3H3/b9-8+. The van der Waals surface area contributed by atoms with Crippen LogP contribution in [0.2, 0.25) is 0 Å². The van der Waals surface area contributed by atoms with Gasteiger partial charge >= 0.3 is 5.97 Å². The highest BCUT2D eigenvalue weighted by atomic mass is 16.5. The van der Waals surface area contributed by atoms with Crippen LogP contribution in [-0.4, -0.2) is 12.1 Å².